The third kappa shape index (κ3) is 2.32. The molecule has 0 atom stereocenters. The normalized spacial score (nSPS) is 10.6. The predicted octanol–water partition coefficient (Wildman–Crippen LogP) is 1.91. The molecule has 2 rings (SSSR count). The van der Waals surface area contributed by atoms with Crippen molar-refractivity contribution in [2.24, 2.45) is 5.73 Å². The lowest BCUT2D eigenvalue weighted by atomic mass is 10.1. The number of ether oxygens (including phenoxy) is 1. The fourth-order valence-corrected chi connectivity index (χ4v) is 2.92. The zero-order valence-electron chi connectivity index (χ0n) is 10.4. The molecule has 0 radical (unpaired) electrons. The molecule has 3 N–H and O–H groups in total. The average Bonchev–Trinajstić information content (AvgIpc) is 2.73. The maximum Gasteiger partial charge on any atom is 0.261 e. The molecule has 0 aliphatic rings. The maximum atomic E-state index is 12.0. The van der Waals surface area contributed by atoms with E-state index in [0.29, 0.717) is 13.1 Å². The number of carbonyl (C=O) groups excluding carboxylic acids is 1. The van der Waals surface area contributed by atoms with Crippen LogP contribution in [-0.2, 0) is 0 Å². The van der Waals surface area contributed by atoms with Crippen molar-refractivity contribution >= 4 is 27.3 Å². The Hall–Kier alpha value is -1.59. The highest BCUT2D eigenvalue weighted by Crippen LogP contribution is 2.33. The van der Waals surface area contributed by atoms with Crippen LogP contribution in [-0.4, -0.2) is 26.1 Å². The minimum atomic E-state index is -0.0573. The first-order valence-electron chi connectivity index (χ1n) is 5.72. The molecule has 1 heterocycles. The number of carbonyl (C=O) groups is 1. The minimum absolute atomic E-state index is 0.0573. The fourth-order valence-electron chi connectivity index (χ4n) is 1.81. The van der Waals surface area contributed by atoms with E-state index in [4.69, 9.17) is 10.5 Å². The third-order valence-electron chi connectivity index (χ3n) is 2.78. The lowest BCUT2D eigenvalue weighted by molar-refractivity contribution is 0.0958. The monoisotopic (exact) mass is 264 g/mol. The van der Waals surface area contributed by atoms with Gasteiger partial charge in [-0.05, 0) is 36.1 Å². The van der Waals surface area contributed by atoms with E-state index >= 15 is 0 Å². The summed E-state index contributed by atoms with van der Waals surface area (Å²) in [7, 11) is 1.64. The van der Waals surface area contributed by atoms with Crippen LogP contribution in [0.1, 0.15) is 15.2 Å². The van der Waals surface area contributed by atoms with Crippen LogP contribution in [0.2, 0.25) is 0 Å². The molecule has 0 fully saturated rings. The van der Waals surface area contributed by atoms with E-state index in [1.165, 1.54) is 11.3 Å². The van der Waals surface area contributed by atoms with E-state index in [1.54, 1.807) is 7.11 Å². The Morgan fingerprint density at radius 3 is 2.94 bits per heavy atom. The highest BCUT2D eigenvalue weighted by Gasteiger charge is 2.15. The van der Waals surface area contributed by atoms with E-state index in [-0.39, 0.29) is 5.91 Å². The summed E-state index contributed by atoms with van der Waals surface area (Å²) in [5, 5.41) is 3.86. The van der Waals surface area contributed by atoms with Crippen LogP contribution >= 0.6 is 11.3 Å². The molecule has 18 heavy (non-hydrogen) atoms. The number of benzene rings is 1. The van der Waals surface area contributed by atoms with Crippen molar-refractivity contribution in [3.8, 4) is 5.75 Å². The van der Waals surface area contributed by atoms with Gasteiger partial charge in [-0.2, -0.15) is 0 Å². The summed E-state index contributed by atoms with van der Waals surface area (Å²) in [6, 6.07) is 5.84. The van der Waals surface area contributed by atoms with Gasteiger partial charge in [-0.15, -0.1) is 11.3 Å². The van der Waals surface area contributed by atoms with Crippen molar-refractivity contribution in [1.29, 1.82) is 0 Å². The van der Waals surface area contributed by atoms with Gasteiger partial charge in [0.05, 0.1) is 12.0 Å². The number of fused-ring (bicyclic) bond motifs is 1. The molecule has 4 nitrogen and oxygen atoms in total. The summed E-state index contributed by atoms with van der Waals surface area (Å²) in [6.07, 6.45) is 0. The van der Waals surface area contributed by atoms with Gasteiger partial charge >= 0.3 is 0 Å². The van der Waals surface area contributed by atoms with E-state index in [0.717, 1.165) is 26.3 Å². The van der Waals surface area contributed by atoms with Crippen molar-refractivity contribution in [3.63, 3.8) is 0 Å². The molecule has 0 bridgehead atoms. The molecule has 1 aromatic heterocycles. The van der Waals surface area contributed by atoms with Crippen molar-refractivity contribution in [3.05, 3.63) is 28.6 Å². The SMILES string of the molecule is COc1ccc2sc(C(=O)NCCN)c(C)c2c1. The lowest BCUT2D eigenvalue weighted by Crippen LogP contribution is -2.28. The van der Waals surface area contributed by atoms with Gasteiger partial charge < -0.3 is 15.8 Å². The van der Waals surface area contributed by atoms with Crippen LogP contribution < -0.4 is 15.8 Å². The van der Waals surface area contributed by atoms with E-state index in [9.17, 15) is 4.79 Å². The maximum absolute atomic E-state index is 12.0. The zero-order chi connectivity index (χ0) is 13.1. The highest BCUT2D eigenvalue weighted by molar-refractivity contribution is 7.21. The summed E-state index contributed by atoms with van der Waals surface area (Å²) < 4.78 is 6.29. The molecule has 5 heteroatoms. The molecule has 1 amide bonds. The molecule has 1 aromatic carbocycles. The van der Waals surface area contributed by atoms with Gasteiger partial charge in [-0.3, -0.25) is 4.79 Å². The molecule has 0 saturated heterocycles. The van der Waals surface area contributed by atoms with Gasteiger partial charge in [0, 0.05) is 17.8 Å². The summed E-state index contributed by atoms with van der Waals surface area (Å²) in [5.41, 5.74) is 6.37. The summed E-state index contributed by atoms with van der Waals surface area (Å²) in [5.74, 6) is 0.746. The van der Waals surface area contributed by atoms with Gasteiger partial charge in [-0.25, -0.2) is 0 Å². The number of hydrogen-bond acceptors (Lipinski definition) is 4. The quantitative estimate of drug-likeness (QED) is 0.886. The molecule has 0 aliphatic carbocycles. The van der Waals surface area contributed by atoms with Crippen LogP contribution in [0, 0.1) is 6.92 Å². The fraction of sp³-hybridized carbons (Fsp3) is 0.308. The summed E-state index contributed by atoms with van der Waals surface area (Å²) in [4.78, 5) is 12.7. The first kappa shape index (κ1) is 12.9. The largest absolute Gasteiger partial charge is 0.497 e. The van der Waals surface area contributed by atoms with Crippen molar-refractivity contribution in [2.45, 2.75) is 6.92 Å². The summed E-state index contributed by atoms with van der Waals surface area (Å²) >= 11 is 1.49. The second kappa shape index (κ2) is 5.37. The van der Waals surface area contributed by atoms with Crippen molar-refractivity contribution in [1.82, 2.24) is 5.32 Å². The Bertz CT molecular complexity index is 578. The second-order valence-electron chi connectivity index (χ2n) is 3.96. The number of nitrogens with one attached hydrogen (secondary N) is 1. The van der Waals surface area contributed by atoms with E-state index < -0.39 is 0 Å². The van der Waals surface area contributed by atoms with Crippen LogP contribution in [0.25, 0.3) is 10.1 Å². The minimum Gasteiger partial charge on any atom is -0.497 e. The molecule has 0 saturated carbocycles. The Kier molecular flexibility index (Phi) is 3.84. The van der Waals surface area contributed by atoms with Gasteiger partial charge in [0.25, 0.3) is 5.91 Å². The van der Waals surface area contributed by atoms with E-state index in [2.05, 4.69) is 5.32 Å². The number of rotatable bonds is 4. The van der Waals surface area contributed by atoms with Gasteiger partial charge in [0.15, 0.2) is 0 Å². The van der Waals surface area contributed by atoms with Crippen LogP contribution in [0.5, 0.6) is 5.75 Å². The number of methoxy groups -OCH3 is 1. The second-order valence-corrected chi connectivity index (χ2v) is 5.02. The summed E-state index contributed by atoms with van der Waals surface area (Å²) in [6.45, 7) is 2.90. The van der Waals surface area contributed by atoms with Crippen molar-refractivity contribution in [2.75, 3.05) is 20.2 Å². The number of aryl methyl sites for hydroxylation is 1. The zero-order valence-corrected chi connectivity index (χ0v) is 11.3. The number of thiophene rings is 1. The standard InChI is InChI=1S/C13H16N2O2S/c1-8-10-7-9(17-2)3-4-11(10)18-12(8)13(16)15-6-5-14/h3-4,7H,5-6,14H2,1-2H3,(H,15,16). The molecular formula is C13H16N2O2S. The molecule has 0 spiro atoms. The molecule has 96 valence electrons. The molecule has 2 aromatic rings. The Morgan fingerprint density at radius 1 is 1.50 bits per heavy atom. The Labute approximate surface area is 110 Å². The van der Waals surface area contributed by atoms with Gasteiger partial charge in [0.2, 0.25) is 0 Å². The number of nitrogens with two attached hydrogens (primary N) is 1. The topological polar surface area (TPSA) is 64.3 Å². The highest BCUT2D eigenvalue weighted by atomic mass is 32.1. The molecule has 0 aliphatic heterocycles. The molecule has 0 unspecified atom stereocenters. The average molecular weight is 264 g/mol. The smallest absolute Gasteiger partial charge is 0.261 e. The lowest BCUT2D eigenvalue weighted by Gasteiger charge is -2.02. The first-order valence-corrected chi connectivity index (χ1v) is 6.54. The first-order chi connectivity index (χ1) is 8.67. The van der Waals surface area contributed by atoms with Gasteiger partial charge in [-0.1, -0.05) is 0 Å². The Balaban J connectivity index is 2.41. The van der Waals surface area contributed by atoms with Crippen LogP contribution in [0.3, 0.4) is 0 Å². The van der Waals surface area contributed by atoms with E-state index in [1.807, 2.05) is 25.1 Å². The number of hydrogen-bond donors (Lipinski definition) is 2. The molecular weight excluding hydrogens is 248 g/mol. The van der Waals surface area contributed by atoms with Crippen LogP contribution in [0.4, 0.5) is 0 Å². The number of amides is 1. The third-order valence-corrected chi connectivity index (χ3v) is 4.05. The van der Waals surface area contributed by atoms with Gasteiger partial charge in [0.1, 0.15) is 5.75 Å². The van der Waals surface area contributed by atoms with Crippen LogP contribution in [0.15, 0.2) is 18.2 Å². The van der Waals surface area contributed by atoms with Crippen molar-refractivity contribution < 1.29 is 9.53 Å². The predicted molar refractivity (Wildman–Crippen MR) is 74.5 cm³/mol. The Morgan fingerprint density at radius 2 is 2.28 bits per heavy atom.